The second kappa shape index (κ2) is 5.54. The molecular formula is C15H22O2S. The van der Waals surface area contributed by atoms with E-state index in [1.807, 2.05) is 25.3 Å². The fourth-order valence-electron chi connectivity index (χ4n) is 2.99. The molecule has 0 aromatic carbocycles. The van der Waals surface area contributed by atoms with Crippen molar-refractivity contribution < 1.29 is 9.90 Å². The van der Waals surface area contributed by atoms with Crippen LogP contribution >= 0.6 is 11.3 Å². The summed E-state index contributed by atoms with van der Waals surface area (Å²) in [4.78, 5) is 13.1. The molecule has 1 saturated carbocycles. The molecule has 1 heterocycles. The number of hydrogen-bond donors (Lipinski definition) is 1. The minimum atomic E-state index is -1.23. The first-order valence-electron chi connectivity index (χ1n) is 6.90. The van der Waals surface area contributed by atoms with Gasteiger partial charge in [-0.15, -0.1) is 11.3 Å². The van der Waals surface area contributed by atoms with E-state index in [-0.39, 0.29) is 11.7 Å². The topological polar surface area (TPSA) is 37.3 Å². The molecule has 0 bridgehead atoms. The first-order valence-corrected chi connectivity index (χ1v) is 7.78. The zero-order valence-corrected chi connectivity index (χ0v) is 12.1. The highest BCUT2D eigenvalue weighted by Gasteiger charge is 2.45. The van der Waals surface area contributed by atoms with Crippen molar-refractivity contribution in [1.82, 2.24) is 0 Å². The Morgan fingerprint density at radius 1 is 1.44 bits per heavy atom. The van der Waals surface area contributed by atoms with Crippen molar-refractivity contribution in [3.63, 3.8) is 0 Å². The lowest BCUT2D eigenvalue weighted by molar-refractivity contribution is -0.146. The molecule has 1 aliphatic carbocycles. The quantitative estimate of drug-likeness (QED) is 0.900. The molecule has 0 spiro atoms. The molecular weight excluding hydrogens is 244 g/mol. The molecule has 1 aromatic rings. The summed E-state index contributed by atoms with van der Waals surface area (Å²) in [6.07, 6.45) is 5.85. The third-order valence-electron chi connectivity index (χ3n) is 4.05. The Bertz CT molecular complexity index is 418. The van der Waals surface area contributed by atoms with Crippen LogP contribution in [0.3, 0.4) is 0 Å². The average Bonchev–Trinajstić information content (AvgIpc) is 2.85. The van der Waals surface area contributed by atoms with Gasteiger partial charge >= 0.3 is 0 Å². The number of aliphatic hydroxyl groups is 1. The van der Waals surface area contributed by atoms with Crippen molar-refractivity contribution in [2.75, 3.05) is 0 Å². The van der Waals surface area contributed by atoms with Gasteiger partial charge in [-0.25, -0.2) is 0 Å². The molecule has 1 aromatic heterocycles. The summed E-state index contributed by atoms with van der Waals surface area (Å²) in [6, 6.07) is 1.98. The van der Waals surface area contributed by atoms with Crippen molar-refractivity contribution in [2.45, 2.75) is 58.0 Å². The summed E-state index contributed by atoms with van der Waals surface area (Å²) in [5.41, 5.74) is -0.0955. The summed E-state index contributed by atoms with van der Waals surface area (Å²) < 4.78 is 0. The minimum absolute atomic E-state index is 0.0174. The maximum absolute atomic E-state index is 12.3. The molecule has 1 atom stereocenters. The van der Waals surface area contributed by atoms with E-state index in [0.717, 1.165) is 36.1 Å². The molecule has 1 fully saturated rings. The Morgan fingerprint density at radius 3 is 2.61 bits per heavy atom. The monoisotopic (exact) mass is 266 g/mol. The number of thiophene rings is 1. The Balaban J connectivity index is 2.36. The molecule has 3 heteroatoms. The third kappa shape index (κ3) is 2.39. The Labute approximate surface area is 113 Å². The fourth-order valence-corrected chi connectivity index (χ4v) is 4.08. The van der Waals surface area contributed by atoms with Gasteiger partial charge in [0, 0.05) is 11.3 Å². The molecule has 18 heavy (non-hydrogen) atoms. The van der Waals surface area contributed by atoms with E-state index in [4.69, 9.17) is 0 Å². The molecule has 2 rings (SSSR count). The van der Waals surface area contributed by atoms with E-state index in [0.29, 0.717) is 6.42 Å². The van der Waals surface area contributed by atoms with E-state index < -0.39 is 5.60 Å². The minimum Gasteiger partial charge on any atom is -0.376 e. The van der Waals surface area contributed by atoms with Crippen molar-refractivity contribution in [2.24, 2.45) is 5.92 Å². The van der Waals surface area contributed by atoms with Crippen LogP contribution in [-0.4, -0.2) is 10.9 Å². The highest BCUT2D eigenvalue weighted by Crippen LogP contribution is 2.42. The van der Waals surface area contributed by atoms with Crippen molar-refractivity contribution in [3.05, 3.63) is 21.9 Å². The van der Waals surface area contributed by atoms with Crippen molar-refractivity contribution in [1.29, 1.82) is 0 Å². The number of aryl methyl sites for hydroxylation is 1. The third-order valence-corrected chi connectivity index (χ3v) is 5.22. The molecule has 1 aliphatic rings. The molecule has 0 amide bonds. The molecule has 0 saturated heterocycles. The predicted octanol–water partition coefficient (Wildman–Crippen LogP) is 3.80. The van der Waals surface area contributed by atoms with E-state index >= 15 is 0 Å². The van der Waals surface area contributed by atoms with E-state index in [9.17, 15) is 9.90 Å². The van der Waals surface area contributed by atoms with Crippen LogP contribution in [0.1, 0.15) is 55.9 Å². The number of Topliss-reactive ketones (excluding diaryl/α,β-unsaturated/α-hetero) is 1. The van der Waals surface area contributed by atoms with Gasteiger partial charge in [0.1, 0.15) is 0 Å². The van der Waals surface area contributed by atoms with Gasteiger partial charge in [-0.2, -0.15) is 0 Å². The summed E-state index contributed by atoms with van der Waals surface area (Å²) >= 11 is 1.52. The average molecular weight is 266 g/mol. The Hall–Kier alpha value is -0.670. The van der Waals surface area contributed by atoms with Crippen LogP contribution in [0.15, 0.2) is 11.4 Å². The first-order chi connectivity index (χ1) is 8.59. The standard InChI is InChI=1S/C15H22O2S/c1-3-13(16)15(17,12-7-5-4-6-8-12)14-9-11(2)10-18-14/h9-10,12,17H,3-8H2,1-2H3. The summed E-state index contributed by atoms with van der Waals surface area (Å²) in [6.45, 7) is 3.86. The Morgan fingerprint density at radius 2 is 2.11 bits per heavy atom. The largest absolute Gasteiger partial charge is 0.376 e. The van der Waals surface area contributed by atoms with Crippen LogP contribution in [0, 0.1) is 12.8 Å². The number of rotatable bonds is 4. The lowest BCUT2D eigenvalue weighted by Crippen LogP contribution is -2.43. The zero-order valence-electron chi connectivity index (χ0n) is 11.2. The van der Waals surface area contributed by atoms with E-state index in [2.05, 4.69) is 0 Å². The highest BCUT2D eigenvalue weighted by molar-refractivity contribution is 7.10. The predicted molar refractivity (Wildman–Crippen MR) is 74.8 cm³/mol. The lowest BCUT2D eigenvalue weighted by Gasteiger charge is -2.36. The molecule has 100 valence electrons. The SMILES string of the molecule is CCC(=O)C(O)(c1cc(C)cs1)C1CCCCC1. The van der Waals surface area contributed by atoms with Crippen LogP contribution in [0.25, 0.3) is 0 Å². The van der Waals surface area contributed by atoms with Crippen LogP contribution in [0.4, 0.5) is 0 Å². The Kier molecular flexibility index (Phi) is 4.23. The van der Waals surface area contributed by atoms with Gasteiger partial charge in [-0.3, -0.25) is 4.79 Å². The van der Waals surface area contributed by atoms with Gasteiger partial charge < -0.3 is 5.11 Å². The van der Waals surface area contributed by atoms with Crippen molar-refractivity contribution >= 4 is 17.1 Å². The van der Waals surface area contributed by atoms with Crippen LogP contribution in [-0.2, 0) is 10.4 Å². The number of carbonyl (C=O) groups is 1. The lowest BCUT2D eigenvalue weighted by atomic mass is 9.73. The van der Waals surface area contributed by atoms with Gasteiger partial charge in [0.15, 0.2) is 11.4 Å². The van der Waals surface area contributed by atoms with Gasteiger partial charge in [-0.1, -0.05) is 26.2 Å². The van der Waals surface area contributed by atoms with Crippen LogP contribution in [0.2, 0.25) is 0 Å². The summed E-state index contributed by atoms with van der Waals surface area (Å²) in [5, 5.41) is 13.1. The maximum atomic E-state index is 12.3. The number of hydrogen-bond acceptors (Lipinski definition) is 3. The molecule has 1 N–H and O–H groups in total. The molecule has 2 nitrogen and oxygen atoms in total. The van der Waals surface area contributed by atoms with Gasteiger partial charge in [0.25, 0.3) is 0 Å². The van der Waals surface area contributed by atoms with E-state index in [1.54, 1.807) is 0 Å². The highest BCUT2D eigenvalue weighted by atomic mass is 32.1. The summed E-state index contributed by atoms with van der Waals surface area (Å²) in [5.74, 6) is 0.0907. The van der Waals surface area contributed by atoms with Gasteiger partial charge in [0.05, 0.1) is 0 Å². The van der Waals surface area contributed by atoms with E-state index in [1.165, 1.54) is 17.8 Å². The number of ketones is 1. The smallest absolute Gasteiger partial charge is 0.169 e. The zero-order chi connectivity index (χ0) is 13.2. The van der Waals surface area contributed by atoms with Crippen LogP contribution in [0.5, 0.6) is 0 Å². The molecule has 0 radical (unpaired) electrons. The van der Waals surface area contributed by atoms with Gasteiger partial charge in [-0.05, 0) is 42.7 Å². The summed E-state index contributed by atoms with van der Waals surface area (Å²) in [7, 11) is 0. The van der Waals surface area contributed by atoms with Crippen LogP contribution < -0.4 is 0 Å². The normalized spacial score (nSPS) is 20.6. The maximum Gasteiger partial charge on any atom is 0.169 e. The van der Waals surface area contributed by atoms with Crippen molar-refractivity contribution in [3.8, 4) is 0 Å². The molecule has 0 aliphatic heterocycles. The number of carbonyl (C=O) groups excluding carboxylic acids is 1. The second-order valence-corrected chi connectivity index (χ2v) is 6.28. The fraction of sp³-hybridized carbons (Fsp3) is 0.667. The second-order valence-electron chi connectivity index (χ2n) is 5.37. The van der Waals surface area contributed by atoms with Gasteiger partial charge in [0.2, 0.25) is 0 Å². The molecule has 1 unspecified atom stereocenters. The first kappa shape index (κ1) is 13.8.